The van der Waals surface area contributed by atoms with Gasteiger partial charge in [0.15, 0.2) is 17.2 Å². The Balaban J connectivity index is 1.46. The SMILES string of the molecule is O=C(Nc1ccc2c(c1)OCO2)c1nc(C(=O)NC2CC2)n2ccccc12. The first-order valence-corrected chi connectivity index (χ1v) is 8.68. The predicted octanol–water partition coefficient (Wildman–Crippen LogP) is 2.21. The monoisotopic (exact) mass is 364 g/mol. The number of carbonyl (C=O) groups is 2. The van der Waals surface area contributed by atoms with Crippen LogP contribution in [0.5, 0.6) is 11.5 Å². The molecule has 136 valence electrons. The van der Waals surface area contributed by atoms with Crippen LogP contribution in [0.4, 0.5) is 5.69 Å². The highest BCUT2D eigenvalue weighted by Gasteiger charge is 2.27. The van der Waals surface area contributed by atoms with Gasteiger partial charge in [0, 0.05) is 24.0 Å². The minimum absolute atomic E-state index is 0.165. The number of ether oxygens (including phenoxy) is 2. The zero-order valence-corrected chi connectivity index (χ0v) is 14.3. The minimum atomic E-state index is -0.400. The highest BCUT2D eigenvalue weighted by Crippen LogP contribution is 2.34. The van der Waals surface area contributed by atoms with Crippen LogP contribution in [0.1, 0.15) is 33.9 Å². The summed E-state index contributed by atoms with van der Waals surface area (Å²) in [6, 6.07) is 10.7. The molecule has 1 aromatic carbocycles. The van der Waals surface area contributed by atoms with Gasteiger partial charge < -0.3 is 20.1 Å². The van der Waals surface area contributed by atoms with Gasteiger partial charge in [-0.15, -0.1) is 0 Å². The second-order valence-corrected chi connectivity index (χ2v) is 6.51. The number of amides is 2. The van der Waals surface area contributed by atoms with E-state index in [1.54, 1.807) is 47.0 Å². The standard InChI is InChI=1S/C19H16N4O4/c24-18(21-12-6-7-14-15(9-12)27-10-26-14)16-13-3-1-2-8-23(13)17(22-16)19(25)20-11-4-5-11/h1-3,6-9,11H,4-5,10H2,(H,20,25)(H,21,24). The molecule has 2 N–H and O–H groups in total. The van der Waals surface area contributed by atoms with Crippen molar-refractivity contribution in [3.63, 3.8) is 0 Å². The van der Waals surface area contributed by atoms with Gasteiger partial charge in [-0.3, -0.25) is 14.0 Å². The lowest BCUT2D eigenvalue weighted by atomic mass is 10.2. The molecule has 0 atom stereocenters. The number of nitrogens with one attached hydrogen (secondary N) is 2. The molecule has 5 rings (SSSR count). The lowest BCUT2D eigenvalue weighted by molar-refractivity contribution is 0.0940. The highest BCUT2D eigenvalue weighted by atomic mass is 16.7. The number of rotatable bonds is 4. The molecular weight excluding hydrogens is 348 g/mol. The van der Waals surface area contributed by atoms with Crippen molar-refractivity contribution >= 4 is 23.0 Å². The van der Waals surface area contributed by atoms with E-state index < -0.39 is 5.91 Å². The predicted molar refractivity (Wildman–Crippen MR) is 96.2 cm³/mol. The summed E-state index contributed by atoms with van der Waals surface area (Å²) in [4.78, 5) is 29.6. The molecule has 8 heteroatoms. The van der Waals surface area contributed by atoms with E-state index in [0.717, 1.165) is 12.8 Å². The van der Waals surface area contributed by atoms with Crippen molar-refractivity contribution in [2.45, 2.75) is 18.9 Å². The number of pyridine rings is 1. The third-order valence-corrected chi connectivity index (χ3v) is 4.51. The average molecular weight is 364 g/mol. The lowest BCUT2D eigenvalue weighted by Gasteiger charge is -2.05. The molecule has 27 heavy (non-hydrogen) atoms. The van der Waals surface area contributed by atoms with Crippen LogP contribution in [0.25, 0.3) is 5.52 Å². The van der Waals surface area contributed by atoms with E-state index in [4.69, 9.17) is 9.47 Å². The van der Waals surface area contributed by atoms with Crippen LogP contribution in [-0.4, -0.2) is 34.0 Å². The summed E-state index contributed by atoms with van der Waals surface area (Å²) in [5.74, 6) is 0.740. The van der Waals surface area contributed by atoms with Crippen LogP contribution in [0.2, 0.25) is 0 Å². The Morgan fingerprint density at radius 1 is 1.07 bits per heavy atom. The first-order valence-electron chi connectivity index (χ1n) is 8.68. The number of carbonyl (C=O) groups excluding carboxylic acids is 2. The van der Waals surface area contributed by atoms with Crippen molar-refractivity contribution < 1.29 is 19.1 Å². The molecule has 8 nitrogen and oxygen atoms in total. The fourth-order valence-electron chi connectivity index (χ4n) is 3.01. The topological polar surface area (TPSA) is 94.0 Å². The molecule has 3 heterocycles. The number of hydrogen-bond acceptors (Lipinski definition) is 5. The molecule has 2 aliphatic rings. The molecule has 1 aliphatic carbocycles. The molecule has 1 aliphatic heterocycles. The summed E-state index contributed by atoms with van der Waals surface area (Å²) in [6.45, 7) is 0.165. The summed E-state index contributed by atoms with van der Waals surface area (Å²) in [5.41, 5.74) is 1.32. The van der Waals surface area contributed by atoms with E-state index in [2.05, 4.69) is 15.6 Å². The molecule has 1 fully saturated rings. The van der Waals surface area contributed by atoms with Crippen molar-refractivity contribution in [2.24, 2.45) is 0 Å². The molecule has 0 radical (unpaired) electrons. The molecule has 0 spiro atoms. The first-order chi connectivity index (χ1) is 13.2. The average Bonchev–Trinajstić information content (AvgIpc) is 3.22. The van der Waals surface area contributed by atoms with Crippen molar-refractivity contribution in [2.75, 3.05) is 12.1 Å². The van der Waals surface area contributed by atoms with Crippen molar-refractivity contribution in [1.82, 2.24) is 14.7 Å². The number of aromatic nitrogens is 2. The van der Waals surface area contributed by atoms with Crippen molar-refractivity contribution in [3.05, 3.63) is 54.1 Å². The van der Waals surface area contributed by atoms with Gasteiger partial charge in [-0.2, -0.15) is 0 Å². The zero-order chi connectivity index (χ0) is 18.4. The zero-order valence-electron chi connectivity index (χ0n) is 14.3. The molecule has 3 aromatic rings. The van der Waals surface area contributed by atoms with E-state index in [0.29, 0.717) is 22.7 Å². The van der Waals surface area contributed by atoms with Gasteiger partial charge in [-0.25, -0.2) is 4.98 Å². The van der Waals surface area contributed by atoms with Crippen molar-refractivity contribution in [3.8, 4) is 11.5 Å². The van der Waals surface area contributed by atoms with Gasteiger partial charge in [-0.1, -0.05) is 6.07 Å². The largest absolute Gasteiger partial charge is 0.454 e. The van der Waals surface area contributed by atoms with E-state index in [-0.39, 0.29) is 30.3 Å². The summed E-state index contributed by atoms with van der Waals surface area (Å²) >= 11 is 0. The first kappa shape index (κ1) is 15.7. The van der Waals surface area contributed by atoms with E-state index in [9.17, 15) is 9.59 Å². The fraction of sp³-hybridized carbons (Fsp3) is 0.211. The third kappa shape index (κ3) is 2.84. The molecule has 0 unspecified atom stereocenters. The highest BCUT2D eigenvalue weighted by molar-refractivity contribution is 6.09. The Labute approximate surface area is 154 Å². The van der Waals surface area contributed by atoms with E-state index in [1.165, 1.54) is 0 Å². The van der Waals surface area contributed by atoms with Gasteiger partial charge in [0.25, 0.3) is 11.8 Å². The quantitative estimate of drug-likeness (QED) is 0.740. The maximum atomic E-state index is 12.8. The Kier molecular flexibility index (Phi) is 3.49. The maximum absolute atomic E-state index is 12.8. The lowest BCUT2D eigenvalue weighted by Crippen LogP contribution is -2.27. The number of hydrogen-bond donors (Lipinski definition) is 2. The van der Waals surface area contributed by atoms with Crippen LogP contribution < -0.4 is 20.1 Å². The van der Waals surface area contributed by atoms with E-state index in [1.807, 2.05) is 0 Å². The van der Waals surface area contributed by atoms with Crippen LogP contribution in [0.15, 0.2) is 42.6 Å². The fourth-order valence-corrected chi connectivity index (χ4v) is 3.01. The molecular formula is C19H16N4O4. The summed E-state index contributed by atoms with van der Waals surface area (Å²) < 4.78 is 12.2. The minimum Gasteiger partial charge on any atom is -0.454 e. The van der Waals surface area contributed by atoms with Crippen molar-refractivity contribution in [1.29, 1.82) is 0 Å². The second-order valence-electron chi connectivity index (χ2n) is 6.51. The molecule has 0 bridgehead atoms. The summed E-state index contributed by atoms with van der Waals surface area (Å²) in [6.07, 6.45) is 3.68. The van der Waals surface area contributed by atoms with Crippen LogP contribution in [0, 0.1) is 0 Å². The normalized spacial score (nSPS) is 15.0. The Morgan fingerprint density at radius 2 is 1.93 bits per heavy atom. The van der Waals surface area contributed by atoms with Gasteiger partial charge in [0.1, 0.15) is 0 Å². The number of anilines is 1. The Bertz CT molecular complexity index is 1070. The molecule has 1 saturated carbocycles. The molecule has 2 aromatic heterocycles. The van der Waals surface area contributed by atoms with Crippen LogP contribution in [0.3, 0.4) is 0 Å². The summed E-state index contributed by atoms with van der Waals surface area (Å²) in [5, 5.41) is 5.71. The van der Waals surface area contributed by atoms with Crippen LogP contribution >= 0.6 is 0 Å². The number of benzene rings is 1. The second kappa shape index (κ2) is 6.01. The van der Waals surface area contributed by atoms with Crippen LogP contribution in [-0.2, 0) is 0 Å². The Hall–Kier alpha value is -3.55. The van der Waals surface area contributed by atoms with Gasteiger partial charge >= 0.3 is 0 Å². The van der Waals surface area contributed by atoms with E-state index >= 15 is 0 Å². The summed E-state index contributed by atoms with van der Waals surface area (Å²) in [7, 11) is 0. The smallest absolute Gasteiger partial charge is 0.287 e. The number of nitrogens with zero attached hydrogens (tertiary/aromatic N) is 2. The van der Waals surface area contributed by atoms with Gasteiger partial charge in [-0.05, 0) is 37.1 Å². The van der Waals surface area contributed by atoms with Gasteiger partial charge in [0.05, 0.1) is 5.52 Å². The third-order valence-electron chi connectivity index (χ3n) is 4.51. The van der Waals surface area contributed by atoms with Gasteiger partial charge in [0.2, 0.25) is 12.6 Å². The maximum Gasteiger partial charge on any atom is 0.287 e. The number of imidazole rings is 1. The number of fused-ring (bicyclic) bond motifs is 2. The molecule has 0 saturated heterocycles. The molecule has 2 amide bonds. The Morgan fingerprint density at radius 3 is 2.78 bits per heavy atom.